The molecule has 0 N–H and O–H groups in total. The second kappa shape index (κ2) is 9.54. The van der Waals surface area contributed by atoms with Crippen molar-refractivity contribution in [3.8, 4) is 34.2 Å². The number of hydrogen-bond acceptors (Lipinski definition) is 6. The van der Waals surface area contributed by atoms with Gasteiger partial charge in [-0.2, -0.15) is 0 Å². The molecule has 0 atom stereocenters. The maximum absolute atomic E-state index is 5.05. The van der Waals surface area contributed by atoms with E-state index in [-0.39, 0.29) is 0 Å². The Labute approximate surface area is 235 Å². The largest absolute Gasteiger partial charge is 0.260 e. The highest BCUT2D eigenvalue weighted by molar-refractivity contribution is 6.04. The molecule has 0 saturated carbocycles. The Balaban J connectivity index is 1.37. The Bertz CT molecular complexity index is 2200. The second-order valence-electron chi connectivity index (χ2n) is 10.1. The molecule has 41 heavy (non-hydrogen) atoms. The Hall–Kier alpha value is -5.62. The van der Waals surface area contributed by atoms with Crippen molar-refractivity contribution < 1.29 is 0 Å². The van der Waals surface area contributed by atoms with Crippen LogP contribution in [-0.4, -0.2) is 31.1 Å². The fraction of sp³-hybridized carbons (Fsp3) is 0.0286. The minimum atomic E-state index is 0.594. The van der Waals surface area contributed by atoms with E-state index in [2.05, 4.69) is 87.8 Å². The van der Waals surface area contributed by atoms with Gasteiger partial charge in [-0.05, 0) is 70.1 Å². The molecule has 1 aliphatic rings. The predicted molar refractivity (Wildman–Crippen MR) is 166 cm³/mol. The lowest BCUT2D eigenvalue weighted by Gasteiger charge is -2.12. The number of nitrogens with zero attached hydrogens (tertiary/aromatic N) is 6. The zero-order chi connectivity index (χ0) is 27.2. The maximum atomic E-state index is 5.05. The molecule has 0 saturated heterocycles. The van der Waals surface area contributed by atoms with Gasteiger partial charge in [-0.3, -0.25) is 4.99 Å². The second-order valence-corrected chi connectivity index (χ2v) is 10.1. The van der Waals surface area contributed by atoms with Crippen LogP contribution in [0.3, 0.4) is 0 Å². The summed E-state index contributed by atoms with van der Waals surface area (Å²) in [6, 6.07) is 31.3. The Kier molecular flexibility index (Phi) is 5.42. The highest BCUT2D eigenvalue weighted by atomic mass is 15.0. The van der Waals surface area contributed by atoms with Gasteiger partial charge in [0.2, 0.25) is 0 Å². The summed E-state index contributed by atoms with van der Waals surface area (Å²) < 4.78 is 0. The van der Waals surface area contributed by atoms with Crippen molar-refractivity contribution in [1.29, 1.82) is 0 Å². The summed E-state index contributed by atoms with van der Waals surface area (Å²) in [6.07, 6.45) is 10.3. The van der Waals surface area contributed by atoms with Crippen LogP contribution < -0.4 is 0 Å². The number of aliphatic imine (C=N–C) groups is 1. The first-order valence-corrected chi connectivity index (χ1v) is 13.5. The summed E-state index contributed by atoms with van der Waals surface area (Å²) in [5.74, 6) is 1.83. The number of rotatable bonds is 3. The van der Waals surface area contributed by atoms with Gasteiger partial charge in [0.25, 0.3) is 0 Å². The van der Waals surface area contributed by atoms with E-state index in [0.717, 1.165) is 56.0 Å². The first-order chi connectivity index (χ1) is 20.3. The van der Waals surface area contributed by atoms with Crippen LogP contribution in [0.1, 0.15) is 12.0 Å². The van der Waals surface area contributed by atoms with E-state index < -0.39 is 0 Å². The van der Waals surface area contributed by atoms with Crippen molar-refractivity contribution in [3.05, 3.63) is 115 Å². The standard InChI is InChI=1S/C35H22N6/c1-2-7-23-19-30-24(16-22(23)6-1)9-5-10-29(30)35-40-33(26-11-13-31-25(17-26)8-3-4-15-37-31)39-34(41-35)27-12-14-32-28(18-27)20-36-21-38-32/h1-3,5-21H,4H2. The molecule has 8 rings (SSSR count). The fourth-order valence-electron chi connectivity index (χ4n) is 5.39. The van der Waals surface area contributed by atoms with Gasteiger partial charge >= 0.3 is 0 Å². The van der Waals surface area contributed by atoms with E-state index in [0.29, 0.717) is 17.5 Å². The third-order valence-electron chi connectivity index (χ3n) is 7.44. The number of aromatic nitrogens is 5. The Morgan fingerprint density at radius 2 is 1.39 bits per heavy atom. The van der Waals surface area contributed by atoms with Crippen LogP contribution in [-0.2, 0) is 0 Å². The van der Waals surface area contributed by atoms with Gasteiger partial charge in [0, 0.05) is 46.5 Å². The van der Waals surface area contributed by atoms with Gasteiger partial charge in [0.1, 0.15) is 6.33 Å². The van der Waals surface area contributed by atoms with Crippen molar-refractivity contribution >= 4 is 50.4 Å². The van der Waals surface area contributed by atoms with Gasteiger partial charge in [-0.1, -0.05) is 54.6 Å². The molecule has 0 aliphatic carbocycles. The van der Waals surface area contributed by atoms with Crippen LogP contribution in [0, 0.1) is 0 Å². The van der Waals surface area contributed by atoms with E-state index in [1.807, 2.05) is 42.7 Å². The normalized spacial score (nSPS) is 12.6. The summed E-state index contributed by atoms with van der Waals surface area (Å²) in [5.41, 5.74) is 5.60. The molecule has 6 nitrogen and oxygen atoms in total. The van der Waals surface area contributed by atoms with Gasteiger partial charge in [0.05, 0.1) is 11.2 Å². The van der Waals surface area contributed by atoms with Crippen molar-refractivity contribution in [2.24, 2.45) is 4.99 Å². The van der Waals surface area contributed by atoms with E-state index in [1.54, 1.807) is 6.33 Å². The first-order valence-electron chi connectivity index (χ1n) is 13.5. The highest BCUT2D eigenvalue weighted by Crippen LogP contribution is 2.34. The molecule has 6 heteroatoms. The van der Waals surface area contributed by atoms with Gasteiger partial charge in [-0.25, -0.2) is 24.9 Å². The van der Waals surface area contributed by atoms with E-state index >= 15 is 0 Å². The van der Waals surface area contributed by atoms with Crippen LogP contribution >= 0.6 is 0 Å². The zero-order valence-corrected chi connectivity index (χ0v) is 21.9. The average Bonchev–Trinajstić information content (AvgIpc) is 3.28. The van der Waals surface area contributed by atoms with Crippen LogP contribution in [0.4, 0.5) is 5.69 Å². The van der Waals surface area contributed by atoms with E-state index in [9.17, 15) is 0 Å². The molecular weight excluding hydrogens is 504 g/mol. The molecule has 0 bridgehead atoms. The third kappa shape index (κ3) is 4.22. The molecule has 0 fully saturated rings. The molecule has 7 aromatic rings. The Morgan fingerprint density at radius 3 is 2.29 bits per heavy atom. The number of hydrogen-bond donors (Lipinski definition) is 0. The molecular formula is C35H22N6. The number of fused-ring (bicyclic) bond motifs is 4. The maximum Gasteiger partial charge on any atom is 0.164 e. The minimum Gasteiger partial charge on any atom is -0.260 e. The molecule has 0 radical (unpaired) electrons. The number of benzene rings is 5. The summed E-state index contributed by atoms with van der Waals surface area (Å²) in [7, 11) is 0. The summed E-state index contributed by atoms with van der Waals surface area (Å²) in [6.45, 7) is 0. The topological polar surface area (TPSA) is 76.8 Å². The van der Waals surface area contributed by atoms with E-state index in [1.165, 1.54) is 10.8 Å². The quantitative estimate of drug-likeness (QED) is 0.217. The SMILES string of the molecule is C1=Cc2cc(-c3nc(-c4ccc5ncncc5c4)nc(-c4cccc5cc6ccccc6cc45)n3)ccc2N=CC1. The number of allylic oxidation sites excluding steroid dienone is 1. The fourth-order valence-corrected chi connectivity index (χ4v) is 5.39. The minimum absolute atomic E-state index is 0.594. The highest BCUT2D eigenvalue weighted by Gasteiger charge is 2.16. The lowest BCUT2D eigenvalue weighted by atomic mass is 9.99. The van der Waals surface area contributed by atoms with Crippen molar-refractivity contribution in [2.45, 2.75) is 6.42 Å². The van der Waals surface area contributed by atoms with Crippen LogP contribution in [0.2, 0.25) is 0 Å². The van der Waals surface area contributed by atoms with E-state index in [4.69, 9.17) is 15.0 Å². The first kappa shape index (κ1) is 23.3. The monoisotopic (exact) mass is 526 g/mol. The zero-order valence-electron chi connectivity index (χ0n) is 21.9. The van der Waals surface area contributed by atoms with Crippen molar-refractivity contribution in [3.63, 3.8) is 0 Å². The van der Waals surface area contributed by atoms with Crippen LogP contribution in [0.15, 0.2) is 115 Å². The smallest absolute Gasteiger partial charge is 0.164 e. The predicted octanol–water partition coefficient (Wildman–Crippen LogP) is 8.24. The van der Waals surface area contributed by atoms with Gasteiger partial charge < -0.3 is 0 Å². The van der Waals surface area contributed by atoms with Crippen LogP contribution in [0.5, 0.6) is 0 Å². The summed E-state index contributed by atoms with van der Waals surface area (Å²) in [4.78, 5) is 28.2. The van der Waals surface area contributed by atoms with Crippen LogP contribution in [0.25, 0.3) is 72.7 Å². The molecule has 192 valence electrons. The molecule has 0 amide bonds. The van der Waals surface area contributed by atoms with Crippen molar-refractivity contribution in [2.75, 3.05) is 0 Å². The molecule has 0 unspecified atom stereocenters. The van der Waals surface area contributed by atoms with Crippen molar-refractivity contribution in [1.82, 2.24) is 24.9 Å². The summed E-state index contributed by atoms with van der Waals surface area (Å²) >= 11 is 0. The average molecular weight is 527 g/mol. The lowest BCUT2D eigenvalue weighted by molar-refractivity contribution is 1.08. The molecule has 1 aliphatic heterocycles. The molecule has 0 spiro atoms. The summed E-state index contributed by atoms with van der Waals surface area (Å²) in [5, 5.41) is 5.54. The molecule has 3 heterocycles. The lowest BCUT2D eigenvalue weighted by Crippen LogP contribution is -2.01. The molecule has 5 aromatic carbocycles. The van der Waals surface area contributed by atoms with Gasteiger partial charge in [-0.15, -0.1) is 0 Å². The van der Waals surface area contributed by atoms with Gasteiger partial charge in [0.15, 0.2) is 17.5 Å². The molecule has 2 aromatic heterocycles. The third-order valence-corrected chi connectivity index (χ3v) is 7.44. The Morgan fingerprint density at radius 1 is 0.610 bits per heavy atom.